The van der Waals surface area contributed by atoms with E-state index in [0.29, 0.717) is 5.02 Å². The Hall–Kier alpha value is -1.82. The Labute approximate surface area is 151 Å². The van der Waals surface area contributed by atoms with Crippen LogP contribution in [0.25, 0.3) is 0 Å². The van der Waals surface area contributed by atoms with Gasteiger partial charge in [0.2, 0.25) is 0 Å². The molecule has 24 heavy (non-hydrogen) atoms. The standard InChI is InChI=1S/C18H17ClN2O2S/c1-22-14-7-3-4-10-9-13-17(23-15(10)14)20-16(21-18(13)24)11-5-2-6-12(19)8-11/h2-8,13,16-17,20H,9H2,1H3,(H,21,24). The second kappa shape index (κ2) is 6.24. The van der Waals surface area contributed by atoms with E-state index in [2.05, 4.69) is 16.7 Å². The van der Waals surface area contributed by atoms with Gasteiger partial charge in [0.1, 0.15) is 6.17 Å². The van der Waals surface area contributed by atoms with E-state index in [1.165, 1.54) is 0 Å². The lowest BCUT2D eigenvalue weighted by molar-refractivity contribution is 0.0771. The van der Waals surface area contributed by atoms with Crippen LogP contribution in [0.3, 0.4) is 0 Å². The molecule has 1 fully saturated rings. The Balaban J connectivity index is 1.64. The third kappa shape index (κ3) is 2.73. The van der Waals surface area contributed by atoms with E-state index < -0.39 is 0 Å². The summed E-state index contributed by atoms with van der Waals surface area (Å²) in [4.78, 5) is 0.803. The fourth-order valence-electron chi connectivity index (χ4n) is 3.27. The maximum absolute atomic E-state index is 6.21. The summed E-state index contributed by atoms with van der Waals surface area (Å²) in [5.74, 6) is 1.63. The monoisotopic (exact) mass is 360 g/mol. The fraction of sp³-hybridized carbons (Fsp3) is 0.278. The number of rotatable bonds is 2. The smallest absolute Gasteiger partial charge is 0.166 e. The van der Waals surface area contributed by atoms with Crippen LogP contribution >= 0.6 is 23.8 Å². The van der Waals surface area contributed by atoms with Gasteiger partial charge in [-0.3, -0.25) is 5.32 Å². The Morgan fingerprint density at radius 1 is 1.25 bits per heavy atom. The molecule has 2 aromatic rings. The quantitative estimate of drug-likeness (QED) is 0.803. The number of hydrogen-bond donors (Lipinski definition) is 2. The first-order valence-corrected chi connectivity index (χ1v) is 8.59. The van der Waals surface area contributed by atoms with Crippen molar-refractivity contribution in [1.82, 2.24) is 10.6 Å². The van der Waals surface area contributed by atoms with E-state index >= 15 is 0 Å². The lowest BCUT2D eigenvalue weighted by Gasteiger charge is -2.42. The highest BCUT2D eigenvalue weighted by Crippen LogP contribution is 2.39. The van der Waals surface area contributed by atoms with Crippen LogP contribution in [0.2, 0.25) is 5.02 Å². The van der Waals surface area contributed by atoms with Crippen molar-refractivity contribution in [2.24, 2.45) is 5.92 Å². The third-order valence-corrected chi connectivity index (χ3v) is 5.12. The average Bonchev–Trinajstić information content (AvgIpc) is 2.59. The summed E-state index contributed by atoms with van der Waals surface area (Å²) >= 11 is 11.7. The van der Waals surface area contributed by atoms with Crippen LogP contribution in [0.5, 0.6) is 11.5 Å². The fourth-order valence-corrected chi connectivity index (χ4v) is 3.79. The van der Waals surface area contributed by atoms with Crippen molar-refractivity contribution in [1.29, 1.82) is 0 Å². The summed E-state index contributed by atoms with van der Waals surface area (Å²) in [6, 6.07) is 13.7. The molecule has 3 unspecified atom stereocenters. The van der Waals surface area contributed by atoms with Crippen molar-refractivity contribution in [3.8, 4) is 11.5 Å². The van der Waals surface area contributed by atoms with E-state index in [-0.39, 0.29) is 18.3 Å². The minimum Gasteiger partial charge on any atom is -0.493 e. The zero-order chi connectivity index (χ0) is 16.7. The van der Waals surface area contributed by atoms with Gasteiger partial charge in [0.15, 0.2) is 17.7 Å². The van der Waals surface area contributed by atoms with Crippen molar-refractivity contribution in [2.75, 3.05) is 7.11 Å². The van der Waals surface area contributed by atoms with Gasteiger partial charge in [-0.15, -0.1) is 0 Å². The molecule has 6 heteroatoms. The summed E-state index contributed by atoms with van der Waals surface area (Å²) in [7, 11) is 1.65. The molecule has 1 saturated heterocycles. The first kappa shape index (κ1) is 15.7. The summed E-state index contributed by atoms with van der Waals surface area (Å²) in [6.45, 7) is 0. The molecule has 0 bridgehead atoms. The van der Waals surface area contributed by atoms with Crippen LogP contribution in [0, 0.1) is 5.92 Å². The number of benzene rings is 2. The van der Waals surface area contributed by atoms with Crippen LogP contribution < -0.4 is 20.1 Å². The number of ether oxygens (including phenoxy) is 2. The molecule has 4 rings (SSSR count). The molecule has 0 amide bonds. The molecule has 2 aromatic carbocycles. The number of hydrogen-bond acceptors (Lipinski definition) is 4. The second-order valence-electron chi connectivity index (χ2n) is 5.96. The first-order chi connectivity index (χ1) is 11.7. The Kier molecular flexibility index (Phi) is 4.08. The molecule has 0 saturated carbocycles. The molecule has 0 aliphatic carbocycles. The van der Waals surface area contributed by atoms with Crippen molar-refractivity contribution >= 4 is 28.8 Å². The SMILES string of the molecule is COc1cccc2c1OC1NC(c3cccc(Cl)c3)NC(=S)C1C2. The number of methoxy groups -OCH3 is 1. The second-order valence-corrected chi connectivity index (χ2v) is 6.84. The zero-order valence-electron chi connectivity index (χ0n) is 13.1. The molecule has 3 atom stereocenters. The number of thiocarbonyl (C=S) groups is 1. The molecule has 124 valence electrons. The normalized spacial score (nSPS) is 25.1. The highest BCUT2D eigenvalue weighted by Gasteiger charge is 2.40. The molecular formula is C18H17ClN2O2S. The van der Waals surface area contributed by atoms with Crippen LogP contribution in [-0.4, -0.2) is 18.3 Å². The first-order valence-electron chi connectivity index (χ1n) is 7.80. The zero-order valence-corrected chi connectivity index (χ0v) is 14.7. The molecular weight excluding hydrogens is 344 g/mol. The molecule has 0 aromatic heterocycles. The molecule has 0 radical (unpaired) electrons. The van der Waals surface area contributed by atoms with E-state index in [9.17, 15) is 0 Å². The topological polar surface area (TPSA) is 42.5 Å². The maximum atomic E-state index is 6.21. The van der Waals surface area contributed by atoms with Crippen molar-refractivity contribution < 1.29 is 9.47 Å². The Morgan fingerprint density at radius 3 is 2.88 bits per heavy atom. The van der Waals surface area contributed by atoms with Gasteiger partial charge in [0.05, 0.1) is 18.0 Å². The van der Waals surface area contributed by atoms with Crippen LogP contribution in [0.15, 0.2) is 42.5 Å². The average molecular weight is 361 g/mol. The largest absolute Gasteiger partial charge is 0.493 e. The highest BCUT2D eigenvalue weighted by molar-refractivity contribution is 7.80. The van der Waals surface area contributed by atoms with Crippen molar-refractivity contribution in [3.05, 3.63) is 58.6 Å². The lowest BCUT2D eigenvalue weighted by atomic mass is 9.91. The number of nitrogens with one attached hydrogen (secondary N) is 2. The van der Waals surface area contributed by atoms with Crippen LogP contribution in [0.4, 0.5) is 0 Å². The third-order valence-electron chi connectivity index (χ3n) is 4.47. The van der Waals surface area contributed by atoms with Crippen LogP contribution in [-0.2, 0) is 6.42 Å². The van der Waals surface area contributed by atoms with Gasteiger partial charge < -0.3 is 14.8 Å². The Bertz CT molecular complexity index is 798. The van der Waals surface area contributed by atoms with Crippen molar-refractivity contribution in [2.45, 2.75) is 18.8 Å². The molecule has 0 spiro atoms. The van der Waals surface area contributed by atoms with Gasteiger partial charge in [-0.25, -0.2) is 0 Å². The summed E-state index contributed by atoms with van der Waals surface area (Å²) in [6.07, 6.45) is 0.485. The molecule has 4 nitrogen and oxygen atoms in total. The summed E-state index contributed by atoms with van der Waals surface area (Å²) < 4.78 is 11.6. The predicted molar refractivity (Wildman–Crippen MR) is 97.7 cm³/mol. The van der Waals surface area contributed by atoms with Crippen LogP contribution in [0.1, 0.15) is 17.3 Å². The predicted octanol–water partition coefficient (Wildman–Crippen LogP) is 3.44. The highest BCUT2D eigenvalue weighted by atomic mass is 35.5. The van der Waals surface area contributed by atoms with E-state index in [1.807, 2.05) is 36.4 Å². The van der Waals surface area contributed by atoms with E-state index in [4.69, 9.17) is 33.3 Å². The Morgan fingerprint density at radius 2 is 2.08 bits per heavy atom. The van der Waals surface area contributed by atoms with Crippen molar-refractivity contribution in [3.63, 3.8) is 0 Å². The minimum absolute atomic E-state index is 0.0926. The lowest BCUT2D eigenvalue weighted by Crippen LogP contribution is -2.60. The molecule has 2 aliphatic rings. The van der Waals surface area contributed by atoms with Gasteiger partial charge in [-0.05, 0) is 35.7 Å². The van der Waals surface area contributed by atoms with E-state index in [0.717, 1.165) is 34.0 Å². The van der Waals surface area contributed by atoms with Gasteiger partial charge in [0, 0.05) is 5.02 Å². The minimum atomic E-state index is -0.202. The molecule has 2 N–H and O–H groups in total. The number of para-hydroxylation sites is 1. The van der Waals surface area contributed by atoms with Gasteiger partial charge in [-0.2, -0.15) is 0 Å². The van der Waals surface area contributed by atoms with E-state index in [1.54, 1.807) is 7.11 Å². The summed E-state index contributed by atoms with van der Waals surface area (Å²) in [5, 5.41) is 7.55. The number of halogens is 1. The van der Waals surface area contributed by atoms with Gasteiger partial charge >= 0.3 is 0 Å². The molecule has 2 heterocycles. The molecule has 2 aliphatic heterocycles. The maximum Gasteiger partial charge on any atom is 0.166 e. The van der Waals surface area contributed by atoms with Gasteiger partial charge in [-0.1, -0.05) is 48.1 Å². The summed E-state index contributed by atoms with van der Waals surface area (Å²) in [5.41, 5.74) is 2.14. The number of fused-ring (bicyclic) bond motifs is 2. The van der Waals surface area contributed by atoms with Gasteiger partial charge in [0.25, 0.3) is 0 Å².